The zero-order valence-electron chi connectivity index (χ0n) is 14.4. The van der Waals surface area contributed by atoms with Crippen molar-refractivity contribution >= 4 is 23.2 Å². The minimum absolute atomic E-state index is 0.0627. The molecule has 2 heterocycles. The second kappa shape index (κ2) is 7.94. The van der Waals surface area contributed by atoms with Gasteiger partial charge in [0.1, 0.15) is 6.20 Å². The third kappa shape index (κ3) is 4.56. The maximum absolute atomic E-state index is 12.8. The molecule has 0 spiro atoms. The SMILES string of the molecule is CCn1cc([N+](=O)[O-])c(C(=O)NCCCn2nc(C(F)(F)F)c(Cl)c2C)n1. The highest BCUT2D eigenvalue weighted by molar-refractivity contribution is 6.31. The number of alkyl halides is 3. The Bertz CT molecular complexity index is 861. The molecule has 0 radical (unpaired) electrons. The molecule has 0 atom stereocenters. The zero-order valence-corrected chi connectivity index (χ0v) is 15.1. The van der Waals surface area contributed by atoms with Crippen molar-refractivity contribution in [3.63, 3.8) is 0 Å². The molecule has 0 saturated carbocycles. The molecule has 1 N–H and O–H groups in total. The van der Waals surface area contributed by atoms with E-state index in [0.717, 1.165) is 10.9 Å². The largest absolute Gasteiger partial charge is 0.436 e. The van der Waals surface area contributed by atoms with E-state index in [1.165, 1.54) is 11.6 Å². The number of rotatable bonds is 7. The normalized spacial score (nSPS) is 11.6. The standard InChI is InChI=1S/C14H16ClF3N6O3/c1-3-22-7-9(24(26)27)11(20-22)13(25)19-5-4-6-23-8(2)10(15)12(21-23)14(16,17)18/h7H,3-6H2,1-2H3,(H,19,25). The van der Waals surface area contributed by atoms with Crippen molar-refractivity contribution < 1.29 is 22.9 Å². The lowest BCUT2D eigenvalue weighted by Crippen LogP contribution is -2.26. The molecule has 0 unspecified atom stereocenters. The van der Waals surface area contributed by atoms with Crippen LogP contribution in [0.25, 0.3) is 0 Å². The van der Waals surface area contributed by atoms with Crippen LogP contribution < -0.4 is 5.32 Å². The maximum Gasteiger partial charge on any atom is 0.436 e. The molecule has 2 aromatic rings. The predicted octanol–water partition coefficient (Wildman–Crippen LogP) is 2.81. The van der Waals surface area contributed by atoms with Gasteiger partial charge in [-0.1, -0.05) is 11.6 Å². The quantitative estimate of drug-likeness (QED) is 0.430. The summed E-state index contributed by atoms with van der Waals surface area (Å²) in [5.41, 5.74) is -1.74. The van der Waals surface area contributed by atoms with E-state index < -0.39 is 33.4 Å². The van der Waals surface area contributed by atoms with Gasteiger partial charge in [0.2, 0.25) is 5.69 Å². The van der Waals surface area contributed by atoms with Crippen LogP contribution in [0.2, 0.25) is 5.02 Å². The molecule has 0 saturated heterocycles. The van der Waals surface area contributed by atoms with E-state index in [-0.39, 0.29) is 30.9 Å². The van der Waals surface area contributed by atoms with Crippen LogP contribution in [0.15, 0.2) is 6.20 Å². The highest BCUT2D eigenvalue weighted by Gasteiger charge is 2.38. The van der Waals surface area contributed by atoms with Gasteiger partial charge in [0, 0.05) is 19.6 Å². The fourth-order valence-electron chi connectivity index (χ4n) is 2.31. The summed E-state index contributed by atoms with van der Waals surface area (Å²) in [5, 5.41) is 20.3. The van der Waals surface area contributed by atoms with Crippen molar-refractivity contribution in [3.05, 3.63) is 38.4 Å². The van der Waals surface area contributed by atoms with Crippen molar-refractivity contribution in [2.45, 2.75) is 39.5 Å². The van der Waals surface area contributed by atoms with E-state index in [4.69, 9.17) is 11.6 Å². The first-order valence-electron chi connectivity index (χ1n) is 7.86. The zero-order chi connectivity index (χ0) is 20.4. The van der Waals surface area contributed by atoms with E-state index in [0.29, 0.717) is 6.54 Å². The molecule has 13 heteroatoms. The van der Waals surface area contributed by atoms with Crippen LogP contribution in [0.5, 0.6) is 0 Å². The Labute approximate surface area is 156 Å². The lowest BCUT2D eigenvalue weighted by molar-refractivity contribution is -0.385. The van der Waals surface area contributed by atoms with E-state index >= 15 is 0 Å². The number of nitrogens with zero attached hydrogens (tertiary/aromatic N) is 5. The second-order valence-corrected chi connectivity index (χ2v) is 5.93. The molecule has 2 rings (SSSR count). The molecule has 1 amide bonds. The predicted molar refractivity (Wildman–Crippen MR) is 88.5 cm³/mol. The average molecular weight is 409 g/mol. The molecule has 0 bridgehead atoms. The third-order valence-corrected chi connectivity index (χ3v) is 4.16. The van der Waals surface area contributed by atoms with Crippen LogP contribution in [-0.4, -0.2) is 36.9 Å². The Morgan fingerprint density at radius 3 is 2.59 bits per heavy atom. The number of nitro groups is 1. The number of hydrogen-bond acceptors (Lipinski definition) is 5. The summed E-state index contributed by atoms with van der Waals surface area (Å²) < 4.78 is 40.7. The highest BCUT2D eigenvalue weighted by Crippen LogP contribution is 2.35. The molecular formula is C14H16ClF3N6O3. The summed E-state index contributed by atoms with van der Waals surface area (Å²) in [6.07, 6.45) is -3.26. The molecule has 0 aliphatic carbocycles. The molecule has 2 aromatic heterocycles. The number of aryl methyl sites for hydroxylation is 2. The van der Waals surface area contributed by atoms with Crippen LogP contribution in [0.3, 0.4) is 0 Å². The number of carbonyl (C=O) groups excluding carboxylic acids is 1. The van der Waals surface area contributed by atoms with Gasteiger partial charge in [-0.3, -0.25) is 24.3 Å². The van der Waals surface area contributed by atoms with Crippen LogP contribution in [0, 0.1) is 17.0 Å². The van der Waals surface area contributed by atoms with Gasteiger partial charge in [-0.05, 0) is 20.3 Å². The first kappa shape index (κ1) is 20.7. The van der Waals surface area contributed by atoms with Gasteiger partial charge in [-0.25, -0.2) is 0 Å². The smallest absolute Gasteiger partial charge is 0.350 e. The Hall–Kier alpha value is -2.63. The Balaban J connectivity index is 1.97. The number of carbonyl (C=O) groups is 1. The Kier molecular flexibility index (Phi) is 6.08. The van der Waals surface area contributed by atoms with E-state index in [1.807, 2.05) is 0 Å². The van der Waals surface area contributed by atoms with Gasteiger partial charge >= 0.3 is 11.9 Å². The average Bonchev–Trinajstić information content (AvgIpc) is 3.14. The number of amides is 1. The van der Waals surface area contributed by atoms with Gasteiger partial charge in [-0.2, -0.15) is 23.4 Å². The fourth-order valence-corrected chi connectivity index (χ4v) is 2.55. The summed E-state index contributed by atoms with van der Waals surface area (Å²) in [6, 6.07) is 0. The molecule has 9 nitrogen and oxygen atoms in total. The topological polar surface area (TPSA) is 108 Å². The summed E-state index contributed by atoms with van der Waals surface area (Å²) >= 11 is 5.66. The van der Waals surface area contributed by atoms with Crippen LogP contribution in [0.1, 0.15) is 35.2 Å². The number of nitrogens with one attached hydrogen (secondary N) is 1. The van der Waals surface area contributed by atoms with Crippen LogP contribution >= 0.6 is 11.6 Å². The molecule has 0 aromatic carbocycles. The molecule has 0 aliphatic heterocycles. The Morgan fingerprint density at radius 2 is 2.07 bits per heavy atom. The van der Waals surface area contributed by atoms with Crippen LogP contribution in [-0.2, 0) is 19.3 Å². The third-order valence-electron chi connectivity index (χ3n) is 3.71. The van der Waals surface area contributed by atoms with Crippen molar-refractivity contribution in [1.29, 1.82) is 0 Å². The van der Waals surface area contributed by atoms with Gasteiger partial charge in [0.05, 0.1) is 15.6 Å². The highest BCUT2D eigenvalue weighted by atomic mass is 35.5. The summed E-state index contributed by atoms with van der Waals surface area (Å²) in [5.74, 6) is -0.736. The lowest BCUT2D eigenvalue weighted by Gasteiger charge is -2.06. The summed E-state index contributed by atoms with van der Waals surface area (Å²) in [6.45, 7) is 3.62. The van der Waals surface area contributed by atoms with Gasteiger partial charge in [0.25, 0.3) is 5.91 Å². The van der Waals surface area contributed by atoms with E-state index in [1.54, 1.807) is 6.92 Å². The molecule has 27 heavy (non-hydrogen) atoms. The molecule has 0 aliphatic rings. The van der Waals surface area contributed by atoms with Gasteiger partial charge in [0.15, 0.2) is 5.69 Å². The molecule has 148 valence electrons. The molecule has 0 fully saturated rings. The van der Waals surface area contributed by atoms with Crippen molar-refractivity contribution in [3.8, 4) is 0 Å². The van der Waals surface area contributed by atoms with Crippen molar-refractivity contribution in [1.82, 2.24) is 24.9 Å². The van der Waals surface area contributed by atoms with E-state index in [9.17, 15) is 28.1 Å². The van der Waals surface area contributed by atoms with Crippen LogP contribution in [0.4, 0.5) is 18.9 Å². The summed E-state index contributed by atoms with van der Waals surface area (Å²) in [4.78, 5) is 22.4. The van der Waals surface area contributed by atoms with Crippen molar-refractivity contribution in [2.24, 2.45) is 0 Å². The number of hydrogen-bond donors (Lipinski definition) is 1. The van der Waals surface area contributed by atoms with E-state index in [2.05, 4.69) is 15.5 Å². The first-order chi connectivity index (χ1) is 12.6. The van der Waals surface area contributed by atoms with Gasteiger partial charge in [-0.15, -0.1) is 0 Å². The maximum atomic E-state index is 12.8. The molecular weight excluding hydrogens is 393 g/mol. The number of halogens is 4. The Morgan fingerprint density at radius 1 is 1.41 bits per heavy atom. The summed E-state index contributed by atoms with van der Waals surface area (Å²) in [7, 11) is 0. The minimum atomic E-state index is -4.65. The monoisotopic (exact) mass is 408 g/mol. The fraction of sp³-hybridized carbons (Fsp3) is 0.500. The lowest BCUT2D eigenvalue weighted by atomic mass is 10.3. The second-order valence-electron chi connectivity index (χ2n) is 5.55. The minimum Gasteiger partial charge on any atom is -0.350 e. The van der Waals surface area contributed by atoms with Crippen molar-refractivity contribution in [2.75, 3.05) is 6.54 Å². The first-order valence-corrected chi connectivity index (χ1v) is 8.24. The number of aromatic nitrogens is 4. The van der Waals surface area contributed by atoms with Gasteiger partial charge < -0.3 is 5.32 Å².